The molecule has 1 amide bonds. The summed E-state index contributed by atoms with van der Waals surface area (Å²) in [4.78, 5) is 19.0. The average Bonchev–Trinajstić information content (AvgIpc) is 2.92. The van der Waals surface area contributed by atoms with Crippen molar-refractivity contribution in [1.82, 2.24) is 0 Å². The Kier molecular flexibility index (Phi) is 8.97. The molecule has 0 unspecified atom stereocenters. The van der Waals surface area contributed by atoms with Crippen molar-refractivity contribution in [1.29, 1.82) is 0 Å². The highest BCUT2D eigenvalue weighted by Gasteiger charge is 2.27. The highest BCUT2D eigenvalue weighted by Crippen LogP contribution is 2.46. The van der Waals surface area contributed by atoms with Gasteiger partial charge in [0, 0.05) is 28.3 Å². The molecule has 47 heavy (non-hydrogen) atoms. The van der Waals surface area contributed by atoms with Gasteiger partial charge in [0.15, 0.2) is 5.75 Å². The minimum Gasteiger partial charge on any atom is -0.505 e. The maximum atomic E-state index is 12.4. The smallest absolute Gasteiger partial charge is 0.328 e. The number of carbonyl (C=O) groups excluding carboxylic acids is 1. The monoisotopic (exact) mass is 731 g/mol. The van der Waals surface area contributed by atoms with Gasteiger partial charge in [0.2, 0.25) is 5.91 Å². The van der Waals surface area contributed by atoms with Gasteiger partial charge in [-0.25, -0.2) is 4.79 Å². The third-order valence-corrected chi connectivity index (χ3v) is 9.63. The number of aromatic hydroxyl groups is 1. The first kappa shape index (κ1) is 35.0. The van der Waals surface area contributed by atoms with Gasteiger partial charge in [-0.1, -0.05) is 18.2 Å². The molecule has 19 nitrogen and oxygen atoms in total. The van der Waals surface area contributed by atoms with Crippen LogP contribution in [-0.2, 0) is 50.1 Å². The van der Waals surface area contributed by atoms with Crippen molar-refractivity contribution in [3.05, 3.63) is 60.7 Å². The van der Waals surface area contributed by atoms with E-state index in [0.29, 0.717) is 30.4 Å². The fourth-order valence-electron chi connectivity index (χ4n) is 4.29. The van der Waals surface area contributed by atoms with Crippen LogP contribution >= 0.6 is 0 Å². The zero-order valence-electron chi connectivity index (χ0n) is 22.6. The van der Waals surface area contributed by atoms with E-state index in [1.165, 1.54) is 0 Å². The molecule has 23 heteroatoms. The predicted octanol–water partition coefficient (Wildman–Crippen LogP) is 2.68. The number of phenols is 1. The molecule has 0 aliphatic carbocycles. The Hall–Kier alpha value is -4.88. The molecule has 0 saturated carbocycles. The van der Waals surface area contributed by atoms with E-state index in [0.717, 1.165) is 30.3 Å². The maximum Gasteiger partial charge on any atom is 0.328 e. The first-order valence-corrected chi connectivity index (χ1v) is 17.7. The van der Waals surface area contributed by atoms with Crippen LogP contribution in [0, 0.1) is 0 Å². The van der Waals surface area contributed by atoms with Crippen molar-refractivity contribution in [3.8, 4) is 5.75 Å². The molecule has 0 aliphatic heterocycles. The lowest BCUT2D eigenvalue weighted by Crippen LogP contribution is -2.10. The third kappa shape index (κ3) is 7.42. The number of azo groups is 1. The molecule has 4 rings (SSSR count). The van der Waals surface area contributed by atoms with Crippen molar-refractivity contribution in [2.24, 2.45) is 10.2 Å². The third-order valence-electron chi connectivity index (χ3n) is 6.08. The second kappa shape index (κ2) is 12.0. The molecule has 0 bridgehead atoms. The molecule has 0 fully saturated rings. The van der Waals surface area contributed by atoms with Gasteiger partial charge in [0.25, 0.3) is 40.5 Å². The minimum absolute atomic E-state index is 0.384. The van der Waals surface area contributed by atoms with Crippen molar-refractivity contribution in [2.45, 2.75) is 19.6 Å². The fraction of sp³-hybridized carbons (Fsp3) is 0. The molecule has 0 atom stereocenters. The molecule has 0 saturated heterocycles. The van der Waals surface area contributed by atoms with Crippen LogP contribution in [0.2, 0.25) is 0 Å². The summed E-state index contributed by atoms with van der Waals surface area (Å²) in [6, 6.07) is 6.41. The number of amides is 1. The lowest BCUT2D eigenvalue weighted by Gasteiger charge is -2.14. The Morgan fingerprint density at radius 3 is 1.89 bits per heavy atom. The van der Waals surface area contributed by atoms with E-state index < -0.39 is 116 Å². The molecular formula is C24H17N3O16S4. The largest absolute Gasteiger partial charge is 0.505 e. The summed E-state index contributed by atoms with van der Waals surface area (Å²) in [6.45, 7) is 0. The number of fused-ring (bicyclic) bond motifs is 2. The summed E-state index contributed by atoms with van der Waals surface area (Å²) in [5.74, 6) is -4.03. The Bertz CT molecular complexity index is 2540. The summed E-state index contributed by atoms with van der Waals surface area (Å²) in [5, 5.41) is 26.9. The SMILES string of the molecule is O=C(O)/C=C/C(=O)Nc1cc(S(=O)(=O)O)cc2cc(S(=O)(=O)O)c(N=Nc3ccc4c(S(=O)(=O)O)cccc4c3S(=O)(=O)O)c(O)c12. The van der Waals surface area contributed by atoms with Gasteiger partial charge < -0.3 is 15.5 Å². The van der Waals surface area contributed by atoms with E-state index in [9.17, 15) is 66.6 Å². The number of phenolic OH excluding ortho intramolecular Hbond substituents is 1. The summed E-state index contributed by atoms with van der Waals surface area (Å²) < 4.78 is 136. The van der Waals surface area contributed by atoms with Crippen LogP contribution in [0.4, 0.5) is 17.1 Å². The number of anilines is 1. The summed E-state index contributed by atoms with van der Waals surface area (Å²) in [5.41, 5.74) is -2.61. The number of nitrogens with zero attached hydrogens (tertiary/aromatic N) is 2. The molecule has 0 spiro atoms. The van der Waals surface area contributed by atoms with Crippen molar-refractivity contribution < 1.29 is 71.7 Å². The normalized spacial score (nSPS) is 13.1. The Labute approximate surface area is 263 Å². The van der Waals surface area contributed by atoms with Crippen LogP contribution in [-0.4, -0.2) is 74.0 Å². The standard InChI is InChI=1S/C24H17N3O16S4/c28-19(6-7-20(29)30)25-16-10-12(44(32,33)34)8-11-9-18(46(38,39)40)22(23(31)21(11)16)27-26-15-5-4-13-14(24(15)47(41,42)43)2-1-3-17(13)45(35,36)37/h1-10,31H,(H,25,28)(H,29,30)(H,32,33,34)(H,35,36,37)(H,38,39,40)(H,41,42,43)/b7-6+,27-26?. The van der Waals surface area contributed by atoms with E-state index in [2.05, 4.69) is 10.2 Å². The van der Waals surface area contributed by atoms with E-state index in [4.69, 9.17) is 5.11 Å². The van der Waals surface area contributed by atoms with Gasteiger partial charge in [-0.05, 0) is 35.7 Å². The molecule has 4 aromatic rings. The number of rotatable bonds is 9. The van der Waals surface area contributed by atoms with Gasteiger partial charge >= 0.3 is 5.97 Å². The Morgan fingerprint density at radius 1 is 0.702 bits per heavy atom. The fourth-order valence-corrected chi connectivity index (χ4v) is 7.03. The van der Waals surface area contributed by atoms with Crippen LogP contribution in [0.15, 0.2) is 90.5 Å². The highest BCUT2D eigenvalue weighted by atomic mass is 32.2. The number of carbonyl (C=O) groups is 2. The predicted molar refractivity (Wildman–Crippen MR) is 158 cm³/mol. The molecule has 248 valence electrons. The van der Waals surface area contributed by atoms with Crippen molar-refractivity contribution in [2.75, 3.05) is 5.32 Å². The lowest BCUT2D eigenvalue weighted by molar-refractivity contribution is -0.131. The molecule has 7 N–H and O–H groups in total. The van der Waals surface area contributed by atoms with Crippen LogP contribution in [0.1, 0.15) is 0 Å². The molecule has 0 aliphatic rings. The Morgan fingerprint density at radius 2 is 1.34 bits per heavy atom. The maximum absolute atomic E-state index is 12.4. The minimum atomic E-state index is -5.40. The van der Waals surface area contributed by atoms with E-state index in [-0.39, 0.29) is 0 Å². The zero-order chi connectivity index (χ0) is 35.3. The molecule has 0 radical (unpaired) electrons. The highest BCUT2D eigenvalue weighted by molar-refractivity contribution is 7.87. The first-order valence-electron chi connectivity index (χ1n) is 11.9. The van der Waals surface area contributed by atoms with Gasteiger partial charge in [-0.3, -0.25) is 23.0 Å². The number of hydrogen-bond donors (Lipinski definition) is 7. The summed E-state index contributed by atoms with van der Waals surface area (Å²) in [6.07, 6.45) is 0.859. The van der Waals surface area contributed by atoms with Gasteiger partial charge in [-0.2, -0.15) is 33.7 Å². The number of aliphatic carboxylic acids is 1. The molecule has 0 aromatic heterocycles. The average molecular weight is 732 g/mol. The topological polar surface area (TPSA) is 329 Å². The quantitative estimate of drug-likeness (QED) is 0.0739. The Balaban J connectivity index is 2.08. The number of nitrogens with one attached hydrogen (secondary N) is 1. The van der Waals surface area contributed by atoms with Crippen LogP contribution in [0.25, 0.3) is 21.5 Å². The number of carboxylic acids is 1. The van der Waals surface area contributed by atoms with E-state index >= 15 is 0 Å². The molecular weight excluding hydrogens is 715 g/mol. The van der Waals surface area contributed by atoms with E-state index in [1.807, 2.05) is 5.32 Å². The second-order valence-electron chi connectivity index (χ2n) is 9.17. The van der Waals surface area contributed by atoms with Crippen LogP contribution in [0.5, 0.6) is 5.75 Å². The zero-order valence-corrected chi connectivity index (χ0v) is 25.8. The summed E-state index contributed by atoms with van der Waals surface area (Å²) >= 11 is 0. The van der Waals surface area contributed by atoms with Gasteiger partial charge in [-0.15, -0.1) is 10.2 Å². The summed E-state index contributed by atoms with van der Waals surface area (Å²) in [7, 11) is -20.7. The second-order valence-corrected chi connectivity index (χ2v) is 14.7. The van der Waals surface area contributed by atoms with E-state index in [1.54, 1.807) is 0 Å². The number of hydrogen-bond acceptors (Lipinski definition) is 13. The van der Waals surface area contributed by atoms with Gasteiger partial charge in [0.05, 0.1) is 10.6 Å². The number of carboxylic acid groups (broad SMARTS) is 1. The molecule has 0 heterocycles. The van der Waals surface area contributed by atoms with Crippen molar-refractivity contribution in [3.63, 3.8) is 0 Å². The number of benzene rings is 4. The van der Waals surface area contributed by atoms with Crippen LogP contribution < -0.4 is 5.32 Å². The van der Waals surface area contributed by atoms with Gasteiger partial charge in [0.1, 0.15) is 26.1 Å². The van der Waals surface area contributed by atoms with Crippen molar-refractivity contribution >= 4 is 91.0 Å². The molecule has 4 aromatic carbocycles. The first-order chi connectivity index (χ1) is 21.5. The lowest BCUT2D eigenvalue weighted by atomic mass is 10.1. The van der Waals surface area contributed by atoms with Crippen LogP contribution in [0.3, 0.4) is 0 Å².